The second-order valence-electron chi connectivity index (χ2n) is 13.9. The molecule has 286 valence electrons. The molecule has 8 nitrogen and oxygen atoms in total. The van der Waals surface area contributed by atoms with Gasteiger partial charge in [0.05, 0.1) is 5.69 Å². The minimum absolute atomic E-state index is 0.0338. The molecule has 8 aromatic rings. The number of carbonyl (C=O) groups is 2. The number of aryl methyl sites for hydroxylation is 1. The molecule has 3 amide bonds. The van der Waals surface area contributed by atoms with Gasteiger partial charge in [-0.25, -0.2) is 4.79 Å². The number of nitrogens with one attached hydrogen (secondary N) is 2. The van der Waals surface area contributed by atoms with Crippen molar-refractivity contribution in [2.45, 2.75) is 6.92 Å². The number of para-hydroxylation sites is 1. The predicted molar refractivity (Wildman–Crippen MR) is 239 cm³/mol. The smallest absolute Gasteiger partial charge is 0.326 e. The van der Waals surface area contributed by atoms with Crippen molar-refractivity contribution in [3.05, 3.63) is 210 Å². The lowest BCUT2D eigenvalue weighted by molar-refractivity contribution is 0.0967. The van der Waals surface area contributed by atoms with Gasteiger partial charge < -0.3 is 15.3 Å². The Kier molecular flexibility index (Phi) is 11.1. The fraction of sp³-hybridized carbons (Fsp3) is 0.0196. The van der Waals surface area contributed by atoms with Gasteiger partial charge in [-0.3, -0.25) is 10.1 Å². The molecule has 59 heavy (non-hydrogen) atoms. The molecule has 0 saturated carbocycles. The number of phenols is 1. The third kappa shape index (κ3) is 9.14. The van der Waals surface area contributed by atoms with Gasteiger partial charge in [-0.1, -0.05) is 127 Å². The first-order chi connectivity index (χ1) is 28.9. The summed E-state index contributed by atoms with van der Waals surface area (Å²) in [6, 6.07) is 60.0. The summed E-state index contributed by atoms with van der Waals surface area (Å²) in [5, 5.41) is 25.4. The number of rotatable bonds is 10. The highest BCUT2D eigenvalue weighted by atomic mass is 16.3. The van der Waals surface area contributed by atoms with Crippen LogP contribution in [0, 0.1) is 6.92 Å². The van der Waals surface area contributed by atoms with Crippen molar-refractivity contribution < 1.29 is 14.7 Å². The van der Waals surface area contributed by atoms with Crippen LogP contribution in [0.3, 0.4) is 0 Å². The SMILES string of the molecule is Cc1ccc(N=Nc2c(O)ccc3cc(C(=O)NC(=O)Nc4ccc(C=Cc5ccc(N(c6ccccc6)c6ccc(-c7ccccc7)cc6)cc5)cc4)ccc23)cc1. The number of fused-ring (bicyclic) bond motifs is 1. The fourth-order valence-corrected chi connectivity index (χ4v) is 6.67. The van der Waals surface area contributed by atoms with E-state index in [0.29, 0.717) is 22.1 Å². The van der Waals surface area contributed by atoms with Crippen molar-refractivity contribution in [1.82, 2.24) is 5.32 Å². The first-order valence-electron chi connectivity index (χ1n) is 19.1. The van der Waals surface area contributed by atoms with Crippen LogP contribution in [0.25, 0.3) is 34.1 Å². The molecule has 0 aliphatic carbocycles. The molecule has 0 radical (unpaired) electrons. The first kappa shape index (κ1) is 37.8. The fourth-order valence-electron chi connectivity index (χ4n) is 6.67. The number of nitrogens with zero attached hydrogens (tertiary/aromatic N) is 3. The van der Waals surface area contributed by atoms with Crippen LogP contribution >= 0.6 is 0 Å². The maximum atomic E-state index is 13.0. The Labute approximate surface area is 342 Å². The van der Waals surface area contributed by atoms with Gasteiger partial charge in [-0.15, -0.1) is 5.11 Å². The lowest BCUT2D eigenvalue weighted by atomic mass is 10.0. The van der Waals surface area contributed by atoms with Gasteiger partial charge in [-0.05, 0) is 113 Å². The quantitative estimate of drug-likeness (QED) is 0.0951. The highest BCUT2D eigenvalue weighted by molar-refractivity contribution is 6.10. The van der Waals surface area contributed by atoms with Crippen LogP contribution in [0.15, 0.2) is 198 Å². The number of benzene rings is 8. The van der Waals surface area contributed by atoms with Crippen LogP contribution in [0.4, 0.5) is 38.9 Å². The van der Waals surface area contributed by atoms with E-state index in [2.05, 4.69) is 111 Å². The average Bonchev–Trinajstić information content (AvgIpc) is 3.27. The van der Waals surface area contributed by atoms with E-state index in [1.54, 1.807) is 36.4 Å². The summed E-state index contributed by atoms with van der Waals surface area (Å²) in [4.78, 5) is 28.1. The third-order valence-corrected chi connectivity index (χ3v) is 9.79. The van der Waals surface area contributed by atoms with Crippen molar-refractivity contribution in [1.29, 1.82) is 0 Å². The van der Waals surface area contributed by atoms with Gasteiger partial charge in [0, 0.05) is 33.7 Å². The largest absolute Gasteiger partial charge is 0.506 e. The van der Waals surface area contributed by atoms with Gasteiger partial charge >= 0.3 is 6.03 Å². The number of amides is 3. The molecule has 0 aromatic heterocycles. The summed E-state index contributed by atoms with van der Waals surface area (Å²) in [6.07, 6.45) is 4.05. The minimum atomic E-state index is -0.659. The molecule has 8 rings (SSSR count). The van der Waals surface area contributed by atoms with Gasteiger partial charge in [-0.2, -0.15) is 5.11 Å². The second-order valence-corrected chi connectivity index (χ2v) is 13.9. The zero-order valence-corrected chi connectivity index (χ0v) is 32.2. The lowest BCUT2D eigenvalue weighted by Gasteiger charge is -2.25. The molecule has 8 heteroatoms. The number of aromatic hydroxyl groups is 1. The van der Waals surface area contributed by atoms with Gasteiger partial charge in [0.15, 0.2) is 0 Å². The van der Waals surface area contributed by atoms with Gasteiger partial charge in [0.25, 0.3) is 5.91 Å². The number of imide groups is 1. The van der Waals surface area contributed by atoms with E-state index in [1.165, 1.54) is 17.2 Å². The van der Waals surface area contributed by atoms with Crippen molar-refractivity contribution in [2.75, 3.05) is 10.2 Å². The Balaban J connectivity index is 0.889. The summed E-state index contributed by atoms with van der Waals surface area (Å²) >= 11 is 0. The van der Waals surface area contributed by atoms with Crippen molar-refractivity contribution in [3.8, 4) is 16.9 Å². The number of hydrogen-bond donors (Lipinski definition) is 3. The van der Waals surface area contributed by atoms with Gasteiger partial charge in [0.1, 0.15) is 11.4 Å². The summed E-state index contributed by atoms with van der Waals surface area (Å²) in [7, 11) is 0. The zero-order chi connectivity index (χ0) is 40.6. The first-order valence-corrected chi connectivity index (χ1v) is 19.1. The molecular formula is C51H39N5O3. The predicted octanol–water partition coefficient (Wildman–Crippen LogP) is 13.5. The number of phenolic OH excluding ortho intramolecular Hbond substituents is 1. The molecule has 0 aliphatic heterocycles. The average molecular weight is 770 g/mol. The monoisotopic (exact) mass is 769 g/mol. The number of urea groups is 1. The van der Waals surface area contributed by atoms with E-state index in [9.17, 15) is 14.7 Å². The number of azo groups is 1. The number of hydrogen-bond acceptors (Lipinski definition) is 6. The Morgan fingerprint density at radius 3 is 1.81 bits per heavy atom. The van der Waals surface area contributed by atoms with E-state index < -0.39 is 11.9 Å². The van der Waals surface area contributed by atoms with Crippen LogP contribution in [-0.2, 0) is 0 Å². The second kappa shape index (κ2) is 17.4. The van der Waals surface area contributed by atoms with E-state index in [4.69, 9.17) is 0 Å². The van der Waals surface area contributed by atoms with Crippen LogP contribution < -0.4 is 15.5 Å². The maximum Gasteiger partial charge on any atom is 0.326 e. The summed E-state index contributed by atoms with van der Waals surface area (Å²) in [6.45, 7) is 1.99. The Hall–Kier alpha value is -8.10. The number of anilines is 4. The molecule has 0 heterocycles. The van der Waals surface area contributed by atoms with Crippen LogP contribution in [-0.4, -0.2) is 17.0 Å². The third-order valence-electron chi connectivity index (χ3n) is 9.79. The molecule has 0 saturated heterocycles. The molecular weight excluding hydrogens is 731 g/mol. The minimum Gasteiger partial charge on any atom is -0.506 e. The summed E-state index contributed by atoms with van der Waals surface area (Å²) in [5.74, 6) is -0.604. The molecule has 0 fully saturated rings. The Bertz CT molecular complexity index is 2790. The Morgan fingerprint density at radius 1 is 0.576 bits per heavy atom. The molecule has 0 bridgehead atoms. The lowest BCUT2D eigenvalue weighted by Crippen LogP contribution is -2.34. The summed E-state index contributed by atoms with van der Waals surface area (Å²) < 4.78 is 0. The van der Waals surface area contributed by atoms with E-state index in [-0.39, 0.29) is 17.0 Å². The molecule has 8 aromatic carbocycles. The Morgan fingerprint density at radius 2 is 1.15 bits per heavy atom. The molecule has 0 aliphatic rings. The van der Waals surface area contributed by atoms with E-state index >= 15 is 0 Å². The van der Waals surface area contributed by atoms with Crippen LogP contribution in [0.1, 0.15) is 27.0 Å². The molecule has 3 N–H and O–H groups in total. The van der Waals surface area contributed by atoms with E-state index in [0.717, 1.165) is 33.8 Å². The summed E-state index contributed by atoms with van der Waals surface area (Å²) in [5.41, 5.74) is 10.4. The number of carbonyl (C=O) groups excluding carboxylic acids is 2. The zero-order valence-electron chi connectivity index (χ0n) is 32.2. The van der Waals surface area contributed by atoms with Crippen molar-refractivity contribution in [2.24, 2.45) is 10.2 Å². The normalized spacial score (nSPS) is 11.2. The van der Waals surface area contributed by atoms with Crippen LogP contribution in [0.5, 0.6) is 5.75 Å². The standard InChI is InChI=1S/C51H39N5O3/c1-35-12-24-43(25-13-35)54-55-49-47-32-22-41(34-40(47)23-33-48(49)57)50(58)53-51(59)52-42-26-16-36(17-27-42)14-15-37-18-28-45(29-19-37)56(44-10-6-3-7-11-44)46-30-20-39(21-31-46)38-8-4-2-5-9-38/h2-34,57H,1H3,(H2,52,53,58,59). The van der Waals surface area contributed by atoms with Crippen LogP contribution in [0.2, 0.25) is 0 Å². The van der Waals surface area contributed by atoms with Crippen molar-refractivity contribution in [3.63, 3.8) is 0 Å². The van der Waals surface area contributed by atoms with Crippen molar-refractivity contribution >= 4 is 69.0 Å². The van der Waals surface area contributed by atoms with Gasteiger partial charge in [0.2, 0.25) is 0 Å². The topological polar surface area (TPSA) is 106 Å². The highest BCUT2D eigenvalue weighted by Gasteiger charge is 2.15. The molecule has 0 unspecified atom stereocenters. The maximum absolute atomic E-state index is 13.0. The highest BCUT2D eigenvalue weighted by Crippen LogP contribution is 2.38. The van der Waals surface area contributed by atoms with E-state index in [1.807, 2.05) is 79.7 Å². The molecule has 0 atom stereocenters. The molecule has 0 spiro atoms.